The standard InChI is InChI=1S/C14H15BrN2O/c1-10(9-11-4-6-12(18)7-5-11)17-13-3-2-8-16-14(13)15/h2-8,10,17-18H,9H2,1H3. The van der Waals surface area contributed by atoms with E-state index in [4.69, 9.17) is 0 Å². The molecule has 0 bridgehead atoms. The Morgan fingerprint density at radius 3 is 2.67 bits per heavy atom. The number of pyridine rings is 1. The van der Waals surface area contributed by atoms with Crippen LogP contribution in [0.4, 0.5) is 5.69 Å². The Balaban J connectivity index is 1.99. The fourth-order valence-electron chi connectivity index (χ4n) is 1.80. The highest BCUT2D eigenvalue weighted by Gasteiger charge is 2.06. The zero-order valence-corrected chi connectivity index (χ0v) is 11.7. The SMILES string of the molecule is CC(Cc1ccc(O)cc1)Nc1cccnc1Br. The smallest absolute Gasteiger partial charge is 0.129 e. The molecule has 0 spiro atoms. The highest BCUT2D eigenvalue weighted by Crippen LogP contribution is 2.20. The molecule has 1 heterocycles. The van der Waals surface area contributed by atoms with Gasteiger partial charge in [0.15, 0.2) is 0 Å². The molecule has 3 nitrogen and oxygen atoms in total. The van der Waals surface area contributed by atoms with E-state index in [1.54, 1.807) is 18.3 Å². The second-order valence-electron chi connectivity index (χ2n) is 4.26. The number of aromatic nitrogens is 1. The lowest BCUT2D eigenvalue weighted by atomic mass is 10.1. The molecule has 4 heteroatoms. The highest BCUT2D eigenvalue weighted by molar-refractivity contribution is 9.10. The Hall–Kier alpha value is -1.55. The average molecular weight is 307 g/mol. The van der Waals surface area contributed by atoms with Gasteiger partial charge in [-0.1, -0.05) is 12.1 Å². The number of hydrogen-bond acceptors (Lipinski definition) is 3. The van der Waals surface area contributed by atoms with Crippen molar-refractivity contribution < 1.29 is 5.11 Å². The van der Waals surface area contributed by atoms with Crippen LogP contribution in [0.5, 0.6) is 5.75 Å². The third-order valence-electron chi connectivity index (χ3n) is 2.64. The molecular formula is C14H15BrN2O. The molecule has 0 saturated carbocycles. The van der Waals surface area contributed by atoms with Crippen molar-refractivity contribution in [2.45, 2.75) is 19.4 Å². The van der Waals surface area contributed by atoms with E-state index >= 15 is 0 Å². The minimum absolute atomic E-state index is 0.287. The van der Waals surface area contributed by atoms with Crippen molar-refractivity contribution in [1.82, 2.24) is 4.98 Å². The van der Waals surface area contributed by atoms with E-state index in [0.717, 1.165) is 16.7 Å². The van der Waals surface area contributed by atoms with E-state index in [2.05, 4.69) is 33.2 Å². The normalized spacial score (nSPS) is 12.1. The zero-order chi connectivity index (χ0) is 13.0. The summed E-state index contributed by atoms with van der Waals surface area (Å²) in [6.07, 6.45) is 2.64. The van der Waals surface area contributed by atoms with E-state index in [9.17, 15) is 5.11 Å². The second-order valence-corrected chi connectivity index (χ2v) is 5.01. The molecule has 1 aromatic carbocycles. The van der Waals surface area contributed by atoms with Crippen LogP contribution in [0, 0.1) is 0 Å². The van der Waals surface area contributed by atoms with Gasteiger partial charge in [-0.15, -0.1) is 0 Å². The number of phenolic OH excluding ortho intramolecular Hbond substituents is 1. The summed E-state index contributed by atoms with van der Waals surface area (Å²) < 4.78 is 0.822. The van der Waals surface area contributed by atoms with E-state index in [1.165, 1.54) is 5.56 Å². The van der Waals surface area contributed by atoms with Crippen LogP contribution in [-0.2, 0) is 6.42 Å². The molecule has 0 aliphatic rings. The summed E-state index contributed by atoms with van der Waals surface area (Å²) in [7, 11) is 0. The van der Waals surface area contributed by atoms with E-state index in [0.29, 0.717) is 5.75 Å². The quantitative estimate of drug-likeness (QED) is 0.849. The summed E-state index contributed by atoms with van der Waals surface area (Å²) in [6.45, 7) is 2.12. The van der Waals surface area contributed by atoms with Crippen molar-refractivity contribution in [3.05, 3.63) is 52.8 Å². The first kappa shape index (κ1) is 12.9. The molecule has 0 aliphatic carbocycles. The minimum atomic E-state index is 0.287. The number of nitrogens with one attached hydrogen (secondary N) is 1. The lowest BCUT2D eigenvalue weighted by Crippen LogP contribution is -2.18. The number of hydrogen-bond donors (Lipinski definition) is 2. The predicted octanol–water partition coefficient (Wildman–Crippen LogP) is 3.59. The topological polar surface area (TPSA) is 45.1 Å². The number of benzene rings is 1. The number of anilines is 1. The van der Waals surface area contributed by atoms with E-state index in [-0.39, 0.29) is 6.04 Å². The van der Waals surface area contributed by atoms with Gasteiger partial charge in [-0.3, -0.25) is 0 Å². The molecule has 2 aromatic rings. The Morgan fingerprint density at radius 2 is 2.00 bits per heavy atom. The fourth-order valence-corrected chi connectivity index (χ4v) is 2.16. The van der Waals surface area contributed by atoms with Crippen LogP contribution >= 0.6 is 15.9 Å². The monoisotopic (exact) mass is 306 g/mol. The fraction of sp³-hybridized carbons (Fsp3) is 0.214. The first-order valence-electron chi connectivity index (χ1n) is 5.80. The molecule has 1 aromatic heterocycles. The molecular weight excluding hydrogens is 292 g/mol. The van der Waals surface area contributed by atoms with Crippen molar-refractivity contribution in [3.63, 3.8) is 0 Å². The third-order valence-corrected chi connectivity index (χ3v) is 3.27. The second kappa shape index (κ2) is 5.87. The maximum atomic E-state index is 9.23. The molecule has 1 unspecified atom stereocenters. The van der Waals surface area contributed by atoms with Crippen molar-refractivity contribution in [2.24, 2.45) is 0 Å². The lowest BCUT2D eigenvalue weighted by Gasteiger charge is -2.16. The largest absolute Gasteiger partial charge is 0.508 e. The highest BCUT2D eigenvalue weighted by atomic mass is 79.9. The van der Waals surface area contributed by atoms with Gasteiger partial charge in [0, 0.05) is 12.2 Å². The molecule has 18 heavy (non-hydrogen) atoms. The molecule has 0 amide bonds. The Kier molecular flexibility index (Phi) is 4.20. The van der Waals surface area contributed by atoms with Gasteiger partial charge in [-0.25, -0.2) is 4.98 Å². The Labute approximate surface area is 115 Å². The van der Waals surface area contributed by atoms with Crippen LogP contribution in [0.3, 0.4) is 0 Å². The van der Waals surface area contributed by atoms with Crippen molar-refractivity contribution >= 4 is 21.6 Å². The number of phenols is 1. The molecule has 0 fully saturated rings. The third kappa shape index (κ3) is 3.47. The summed E-state index contributed by atoms with van der Waals surface area (Å²) in [5.41, 5.74) is 2.18. The number of aromatic hydroxyl groups is 1. The van der Waals surface area contributed by atoms with Gasteiger partial charge in [0.1, 0.15) is 10.4 Å². The maximum absolute atomic E-state index is 9.23. The van der Waals surface area contributed by atoms with Crippen molar-refractivity contribution in [1.29, 1.82) is 0 Å². The molecule has 94 valence electrons. The van der Waals surface area contributed by atoms with Crippen molar-refractivity contribution in [3.8, 4) is 5.75 Å². The van der Waals surface area contributed by atoms with Crippen molar-refractivity contribution in [2.75, 3.05) is 5.32 Å². The van der Waals surface area contributed by atoms with Crippen LogP contribution in [0.15, 0.2) is 47.2 Å². The van der Waals surface area contributed by atoms with Gasteiger partial charge in [-0.2, -0.15) is 0 Å². The molecule has 1 atom stereocenters. The van der Waals surface area contributed by atoms with Gasteiger partial charge in [0.25, 0.3) is 0 Å². The minimum Gasteiger partial charge on any atom is -0.508 e. The van der Waals surface area contributed by atoms with Gasteiger partial charge in [0.05, 0.1) is 5.69 Å². The summed E-state index contributed by atoms with van der Waals surface area (Å²) in [5, 5.41) is 12.6. The molecule has 0 aliphatic heterocycles. The number of nitrogens with zero attached hydrogens (tertiary/aromatic N) is 1. The van der Waals surface area contributed by atoms with Crippen LogP contribution < -0.4 is 5.32 Å². The van der Waals surface area contributed by atoms with Gasteiger partial charge < -0.3 is 10.4 Å². The van der Waals surface area contributed by atoms with Crippen LogP contribution in [0.2, 0.25) is 0 Å². The average Bonchev–Trinajstić information content (AvgIpc) is 2.35. The summed E-state index contributed by atoms with van der Waals surface area (Å²) in [4.78, 5) is 4.17. The predicted molar refractivity (Wildman–Crippen MR) is 76.8 cm³/mol. The van der Waals surface area contributed by atoms with Gasteiger partial charge in [0.2, 0.25) is 0 Å². The van der Waals surface area contributed by atoms with Crippen LogP contribution in [-0.4, -0.2) is 16.1 Å². The molecule has 2 rings (SSSR count). The van der Waals surface area contributed by atoms with E-state index in [1.807, 2.05) is 24.3 Å². The molecule has 2 N–H and O–H groups in total. The van der Waals surface area contributed by atoms with Gasteiger partial charge >= 0.3 is 0 Å². The maximum Gasteiger partial charge on any atom is 0.129 e. The summed E-state index contributed by atoms with van der Waals surface area (Å²) in [5.74, 6) is 0.300. The molecule has 0 saturated heterocycles. The first-order chi connectivity index (χ1) is 8.65. The number of halogens is 1. The van der Waals surface area contributed by atoms with Gasteiger partial charge in [-0.05, 0) is 59.1 Å². The van der Waals surface area contributed by atoms with E-state index < -0.39 is 0 Å². The zero-order valence-electron chi connectivity index (χ0n) is 10.1. The lowest BCUT2D eigenvalue weighted by molar-refractivity contribution is 0.475. The van der Waals surface area contributed by atoms with Crippen LogP contribution in [0.1, 0.15) is 12.5 Å². The van der Waals surface area contributed by atoms with Crippen LogP contribution in [0.25, 0.3) is 0 Å². The Morgan fingerprint density at radius 1 is 1.28 bits per heavy atom. The Bertz CT molecular complexity index is 513. The number of rotatable bonds is 4. The molecule has 0 radical (unpaired) electrons. The summed E-state index contributed by atoms with van der Waals surface area (Å²) >= 11 is 3.41. The first-order valence-corrected chi connectivity index (χ1v) is 6.59. The summed E-state index contributed by atoms with van der Waals surface area (Å²) in [6, 6.07) is 11.5.